The Bertz CT molecular complexity index is 407. The molecule has 5 heteroatoms. The summed E-state index contributed by atoms with van der Waals surface area (Å²) < 4.78 is 5.64. The quantitative estimate of drug-likeness (QED) is 0.782. The van der Waals surface area contributed by atoms with E-state index in [4.69, 9.17) is 4.74 Å². The van der Waals surface area contributed by atoms with Crippen LogP contribution in [0.15, 0.2) is 6.07 Å². The molecule has 1 aromatic heterocycles. The summed E-state index contributed by atoms with van der Waals surface area (Å²) >= 11 is 3.52. The monoisotopic (exact) mass is 315 g/mol. The lowest BCUT2D eigenvalue weighted by molar-refractivity contribution is 0.232. The highest BCUT2D eigenvalue weighted by molar-refractivity contribution is 9.09. The first-order valence-electron chi connectivity index (χ1n) is 6.08. The number of aromatic nitrogens is 2. The van der Waals surface area contributed by atoms with Gasteiger partial charge in [-0.1, -0.05) is 15.9 Å². The SMILES string of the molecule is Cc1cc(OC(C)C)nc(N(C)C(C)(C)CBr)n1. The number of hydrogen-bond acceptors (Lipinski definition) is 4. The third-order valence-electron chi connectivity index (χ3n) is 2.71. The van der Waals surface area contributed by atoms with Crippen LogP contribution in [0.25, 0.3) is 0 Å². The van der Waals surface area contributed by atoms with Gasteiger partial charge in [0, 0.05) is 29.7 Å². The van der Waals surface area contributed by atoms with Gasteiger partial charge in [-0.15, -0.1) is 0 Å². The first kappa shape index (κ1) is 15.2. The Kier molecular flexibility index (Phi) is 4.96. The van der Waals surface area contributed by atoms with Crippen LogP contribution in [0.3, 0.4) is 0 Å². The zero-order valence-electron chi connectivity index (χ0n) is 12.0. The van der Waals surface area contributed by atoms with Crippen molar-refractivity contribution >= 4 is 21.9 Å². The van der Waals surface area contributed by atoms with Crippen molar-refractivity contribution in [2.45, 2.75) is 46.3 Å². The van der Waals surface area contributed by atoms with E-state index in [1.165, 1.54) is 0 Å². The normalized spacial score (nSPS) is 11.8. The molecule has 0 unspecified atom stereocenters. The summed E-state index contributed by atoms with van der Waals surface area (Å²) in [5.74, 6) is 1.32. The van der Waals surface area contributed by atoms with Crippen molar-refractivity contribution in [1.29, 1.82) is 0 Å². The van der Waals surface area contributed by atoms with Gasteiger partial charge in [0.15, 0.2) is 0 Å². The molecule has 0 amide bonds. The van der Waals surface area contributed by atoms with Crippen molar-refractivity contribution in [2.75, 3.05) is 17.3 Å². The summed E-state index contributed by atoms with van der Waals surface area (Å²) in [5.41, 5.74) is 0.857. The maximum Gasteiger partial charge on any atom is 0.229 e. The molecule has 0 saturated heterocycles. The van der Waals surface area contributed by atoms with Gasteiger partial charge in [-0.2, -0.15) is 4.98 Å². The lowest BCUT2D eigenvalue weighted by atomic mass is 10.1. The Morgan fingerprint density at radius 2 is 2.00 bits per heavy atom. The molecule has 102 valence electrons. The van der Waals surface area contributed by atoms with Crippen molar-refractivity contribution in [1.82, 2.24) is 9.97 Å². The lowest BCUT2D eigenvalue weighted by Gasteiger charge is -2.34. The molecule has 0 aliphatic heterocycles. The van der Waals surface area contributed by atoms with Gasteiger partial charge in [0.25, 0.3) is 0 Å². The number of ether oxygens (including phenoxy) is 1. The lowest BCUT2D eigenvalue weighted by Crippen LogP contribution is -2.43. The van der Waals surface area contributed by atoms with Crippen LogP contribution in [-0.4, -0.2) is 34.0 Å². The van der Waals surface area contributed by atoms with Gasteiger partial charge in [0.2, 0.25) is 11.8 Å². The smallest absolute Gasteiger partial charge is 0.229 e. The number of aryl methyl sites for hydroxylation is 1. The van der Waals surface area contributed by atoms with Crippen LogP contribution in [0.1, 0.15) is 33.4 Å². The standard InChI is InChI=1S/C13H22BrN3O/c1-9(2)18-11-7-10(3)15-12(16-11)17(6)13(4,5)8-14/h7,9H,8H2,1-6H3. The van der Waals surface area contributed by atoms with Gasteiger partial charge in [-0.3, -0.25) is 0 Å². The Morgan fingerprint density at radius 3 is 2.50 bits per heavy atom. The molecule has 1 aromatic rings. The molecule has 0 atom stereocenters. The van der Waals surface area contributed by atoms with E-state index in [0.717, 1.165) is 11.0 Å². The summed E-state index contributed by atoms with van der Waals surface area (Å²) in [6, 6.07) is 1.86. The van der Waals surface area contributed by atoms with Gasteiger partial charge in [0.05, 0.1) is 6.10 Å². The topological polar surface area (TPSA) is 38.2 Å². The first-order chi connectivity index (χ1) is 8.26. The van der Waals surface area contributed by atoms with Gasteiger partial charge >= 0.3 is 0 Å². The minimum atomic E-state index is -0.0527. The van der Waals surface area contributed by atoms with Gasteiger partial charge in [-0.05, 0) is 34.6 Å². The molecule has 4 nitrogen and oxygen atoms in total. The maximum atomic E-state index is 5.64. The van der Waals surface area contributed by atoms with Crippen LogP contribution < -0.4 is 9.64 Å². The maximum absolute atomic E-state index is 5.64. The highest BCUT2D eigenvalue weighted by atomic mass is 79.9. The van der Waals surface area contributed by atoms with Crippen molar-refractivity contribution in [3.63, 3.8) is 0 Å². The second kappa shape index (κ2) is 5.87. The highest BCUT2D eigenvalue weighted by Crippen LogP contribution is 2.23. The van der Waals surface area contributed by atoms with Crippen molar-refractivity contribution in [3.05, 3.63) is 11.8 Å². The number of nitrogens with zero attached hydrogens (tertiary/aromatic N) is 3. The van der Waals surface area contributed by atoms with E-state index < -0.39 is 0 Å². The average molecular weight is 316 g/mol. The second-order valence-electron chi connectivity index (χ2n) is 5.32. The van der Waals surface area contributed by atoms with E-state index in [9.17, 15) is 0 Å². The van der Waals surface area contributed by atoms with E-state index in [-0.39, 0.29) is 11.6 Å². The predicted octanol–water partition coefficient (Wildman–Crippen LogP) is 3.18. The molecular weight excluding hydrogens is 294 g/mol. The molecule has 0 aliphatic rings. The first-order valence-corrected chi connectivity index (χ1v) is 7.20. The molecule has 1 rings (SSSR count). The number of hydrogen-bond donors (Lipinski definition) is 0. The summed E-state index contributed by atoms with van der Waals surface area (Å²) in [5, 5.41) is 0.841. The molecule has 0 radical (unpaired) electrons. The molecule has 0 spiro atoms. The van der Waals surface area contributed by atoms with Crippen molar-refractivity contribution < 1.29 is 4.74 Å². The van der Waals surface area contributed by atoms with Gasteiger partial charge in [-0.25, -0.2) is 4.98 Å². The molecule has 0 bridgehead atoms. The van der Waals surface area contributed by atoms with Crippen molar-refractivity contribution in [3.8, 4) is 5.88 Å². The van der Waals surface area contributed by atoms with Gasteiger partial charge in [0.1, 0.15) is 0 Å². The van der Waals surface area contributed by atoms with Crippen LogP contribution in [0.4, 0.5) is 5.95 Å². The summed E-state index contributed by atoms with van der Waals surface area (Å²) in [6.07, 6.45) is 0.113. The largest absolute Gasteiger partial charge is 0.475 e. The fraction of sp³-hybridized carbons (Fsp3) is 0.692. The fourth-order valence-electron chi connectivity index (χ4n) is 1.34. The van der Waals surface area contributed by atoms with Crippen LogP contribution in [-0.2, 0) is 0 Å². The van der Waals surface area contributed by atoms with E-state index in [2.05, 4.69) is 44.6 Å². The summed E-state index contributed by atoms with van der Waals surface area (Å²) in [4.78, 5) is 11.0. The molecule has 0 N–H and O–H groups in total. The second-order valence-corrected chi connectivity index (χ2v) is 5.88. The number of rotatable bonds is 5. The molecule has 1 heterocycles. The molecule has 0 saturated carbocycles. The summed E-state index contributed by atoms with van der Waals surface area (Å²) in [7, 11) is 2.00. The molecule has 0 aliphatic carbocycles. The van der Waals surface area contributed by atoms with E-state index in [1.807, 2.05) is 33.9 Å². The predicted molar refractivity (Wildman–Crippen MR) is 78.8 cm³/mol. The Morgan fingerprint density at radius 1 is 1.39 bits per heavy atom. The molecule has 18 heavy (non-hydrogen) atoms. The van der Waals surface area contributed by atoms with E-state index in [0.29, 0.717) is 11.8 Å². The van der Waals surface area contributed by atoms with Crippen molar-refractivity contribution in [2.24, 2.45) is 0 Å². The van der Waals surface area contributed by atoms with Gasteiger partial charge < -0.3 is 9.64 Å². The van der Waals surface area contributed by atoms with Crippen LogP contribution in [0.5, 0.6) is 5.88 Å². The van der Waals surface area contributed by atoms with Crippen LogP contribution in [0, 0.1) is 6.92 Å². The molecule has 0 aromatic carbocycles. The van der Waals surface area contributed by atoms with Crippen LogP contribution in [0.2, 0.25) is 0 Å². The summed E-state index contributed by atoms with van der Waals surface area (Å²) in [6.45, 7) is 10.2. The fourth-order valence-corrected chi connectivity index (χ4v) is 1.71. The Labute approximate surface area is 118 Å². The molecular formula is C13H22BrN3O. The zero-order chi connectivity index (χ0) is 13.9. The Hall–Kier alpha value is -0.840. The third-order valence-corrected chi connectivity index (χ3v) is 4.08. The Balaban J connectivity index is 3.06. The number of anilines is 1. The highest BCUT2D eigenvalue weighted by Gasteiger charge is 2.25. The third kappa shape index (κ3) is 3.83. The number of halogens is 1. The molecule has 0 fully saturated rings. The van der Waals surface area contributed by atoms with E-state index in [1.54, 1.807) is 0 Å². The average Bonchev–Trinajstić information content (AvgIpc) is 2.26. The zero-order valence-corrected chi connectivity index (χ0v) is 13.6. The minimum absolute atomic E-state index is 0.0527. The number of alkyl halides is 1. The van der Waals surface area contributed by atoms with Crippen LogP contribution >= 0.6 is 15.9 Å². The van der Waals surface area contributed by atoms with E-state index >= 15 is 0 Å². The minimum Gasteiger partial charge on any atom is -0.475 e.